The van der Waals surface area contributed by atoms with Gasteiger partial charge in [0.25, 0.3) is 0 Å². The lowest BCUT2D eigenvalue weighted by molar-refractivity contribution is 0.157. The lowest BCUT2D eigenvalue weighted by Gasteiger charge is -2.35. The minimum Gasteiger partial charge on any atom is -0.505 e. The Morgan fingerprint density at radius 1 is 1.18 bits per heavy atom. The van der Waals surface area contributed by atoms with Crippen LogP contribution < -0.4 is 5.32 Å². The van der Waals surface area contributed by atoms with Gasteiger partial charge in [0.05, 0.1) is 0 Å². The Morgan fingerprint density at radius 3 is 2.41 bits per heavy atom. The van der Waals surface area contributed by atoms with Crippen molar-refractivity contribution >= 4 is 24.8 Å². The van der Waals surface area contributed by atoms with Crippen LogP contribution in [0.2, 0.25) is 0 Å². The first-order chi connectivity index (χ1) is 9.66. The summed E-state index contributed by atoms with van der Waals surface area (Å²) in [6, 6.07) is 2.63. The van der Waals surface area contributed by atoms with E-state index in [-0.39, 0.29) is 30.9 Å². The van der Waals surface area contributed by atoms with Gasteiger partial charge in [-0.1, -0.05) is 18.9 Å². The normalized spacial score (nSPS) is 19.9. The van der Waals surface area contributed by atoms with Gasteiger partial charge in [-0.2, -0.15) is 4.39 Å². The smallest absolute Gasteiger partial charge is 0.200 e. The summed E-state index contributed by atoms with van der Waals surface area (Å²) in [4.78, 5) is 2.27. The summed E-state index contributed by atoms with van der Waals surface area (Å²) in [6.45, 7) is 3.53. The van der Waals surface area contributed by atoms with Crippen molar-refractivity contribution in [3.8, 4) is 5.75 Å². The van der Waals surface area contributed by atoms with Gasteiger partial charge >= 0.3 is 0 Å². The highest BCUT2D eigenvalue weighted by molar-refractivity contribution is 5.85. The van der Waals surface area contributed by atoms with Crippen molar-refractivity contribution in [2.24, 2.45) is 5.92 Å². The molecular formula is C15H22Cl2F2N2O. The Balaban J connectivity index is 0.00000121. The van der Waals surface area contributed by atoms with E-state index in [1.54, 1.807) is 0 Å². The molecule has 0 spiro atoms. The Morgan fingerprint density at radius 2 is 1.82 bits per heavy atom. The van der Waals surface area contributed by atoms with E-state index in [1.165, 1.54) is 18.9 Å². The number of halogens is 4. The average molecular weight is 355 g/mol. The van der Waals surface area contributed by atoms with Gasteiger partial charge in [0.15, 0.2) is 11.6 Å². The Labute approximate surface area is 141 Å². The van der Waals surface area contributed by atoms with Crippen LogP contribution in [0.1, 0.15) is 30.9 Å². The molecule has 0 bridgehead atoms. The number of nitrogens with zero attached hydrogens (tertiary/aromatic N) is 1. The minimum absolute atomic E-state index is 0. The molecule has 2 N–H and O–H groups in total. The summed E-state index contributed by atoms with van der Waals surface area (Å²) in [5.74, 6) is -1.98. The van der Waals surface area contributed by atoms with Crippen LogP contribution in [-0.4, -0.2) is 36.2 Å². The van der Waals surface area contributed by atoms with E-state index in [1.807, 2.05) is 0 Å². The molecule has 0 unspecified atom stereocenters. The summed E-state index contributed by atoms with van der Waals surface area (Å²) in [7, 11) is 0. The van der Waals surface area contributed by atoms with Crippen molar-refractivity contribution in [1.82, 2.24) is 10.2 Å². The quantitative estimate of drug-likeness (QED) is 0.870. The van der Waals surface area contributed by atoms with Crippen molar-refractivity contribution in [3.05, 3.63) is 29.3 Å². The zero-order chi connectivity index (χ0) is 14.1. The standard InChI is InChI=1S/C15H20F2N2O.2ClH/c16-12-4-3-11(15(20)14(12)17)13(9-10-1-2-10)19-7-5-18-6-8-19;;/h3-4,10,13,18,20H,1-2,5-9H2;2*1H/t13-;;/m0../s1. The molecule has 1 aliphatic carbocycles. The predicted octanol–water partition coefficient (Wildman–Crippen LogP) is 3.26. The van der Waals surface area contributed by atoms with Crippen molar-refractivity contribution in [2.75, 3.05) is 26.2 Å². The summed E-state index contributed by atoms with van der Waals surface area (Å²) in [5.41, 5.74) is 0.526. The fourth-order valence-corrected chi connectivity index (χ4v) is 2.96. The second-order valence-corrected chi connectivity index (χ2v) is 5.78. The van der Waals surface area contributed by atoms with E-state index in [9.17, 15) is 13.9 Å². The molecule has 0 aromatic heterocycles. The number of nitrogens with one attached hydrogen (secondary N) is 1. The first kappa shape index (κ1) is 19.4. The highest BCUT2D eigenvalue weighted by Crippen LogP contribution is 2.42. The molecule has 1 saturated carbocycles. The lowest BCUT2D eigenvalue weighted by Crippen LogP contribution is -2.45. The fourth-order valence-electron chi connectivity index (χ4n) is 2.96. The molecule has 3 rings (SSSR count). The predicted molar refractivity (Wildman–Crippen MR) is 87.0 cm³/mol. The number of piperazine rings is 1. The molecule has 7 heteroatoms. The molecule has 2 fully saturated rings. The topological polar surface area (TPSA) is 35.5 Å². The molecule has 126 valence electrons. The monoisotopic (exact) mass is 354 g/mol. The molecule has 1 aromatic rings. The van der Waals surface area contributed by atoms with E-state index in [2.05, 4.69) is 10.2 Å². The molecule has 1 heterocycles. The van der Waals surface area contributed by atoms with Gasteiger partial charge in [0, 0.05) is 37.8 Å². The molecular weight excluding hydrogens is 333 g/mol. The SMILES string of the molecule is Cl.Cl.Oc1c([C@H](CC2CC2)N2CCNCC2)ccc(F)c1F. The van der Waals surface area contributed by atoms with E-state index in [0.29, 0.717) is 11.5 Å². The van der Waals surface area contributed by atoms with Crippen LogP contribution in [0.5, 0.6) is 5.75 Å². The fraction of sp³-hybridized carbons (Fsp3) is 0.600. The number of rotatable bonds is 4. The van der Waals surface area contributed by atoms with Crippen molar-refractivity contribution < 1.29 is 13.9 Å². The van der Waals surface area contributed by atoms with Crippen LogP contribution in [0.3, 0.4) is 0 Å². The number of phenolic OH excluding ortho intramolecular Hbond substituents is 1. The molecule has 0 radical (unpaired) electrons. The molecule has 1 saturated heterocycles. The first-order valence-electron chi connectivity index (χ1n) is 7.28. The number of aromatic hydroxyl groups is 1. The Bertz CT molecular complexity index is 495. The lowest BCUT2D eigenvalue weighted by atomic mass is 9.97. The van der Waals surface area contributed by atoms with Crippen molar-refractivity contribution in [3.63, 3.8) is 0 Å². The van der Waals surface area contributed by atoms with Crippen LogP contribution in [0, 0.1) is 17.6 Å². The summed E-state index contributed by atoms with van der Waals surface area (Å²) in [5, 5.41) is 13.2. The van der Waals surface area contributed by atoms with E-state index >= 15 is 0 Å². The van der Waals surface area contributed by atoms with Gasteiger partial charge in [0.1, 0.15) is 0 Å². The van der Waals surface area contributed by atoms with E-state index in [4.69, 9.17) is 0 Å². The van der Waals surface area contributed by atoms with Crippen LogP contribution >= 0.6 is 24.8 Å². The van der Waals surface area contributed by atoms with Gasteiger partial charge in [-0.15, -0.1) is 24.8 Å². The van der Waals surface area contributed by atoms with Crippen LogP contribution in [-0.2, 0) is 0 Å². The van der Waals surface area contributed by atoms with Crippen molar-refractivity contribution in [1.29, 1.82) is 0 Å². The number of phenols is 1. The van der Waals surface area contributed by atoms with Crippen LogP contribution in [0.15, 0.2) is 12.1 Å². The molecule has 22 heavy (non-hydrogen) atoms. The maximum atomic E-state index is 13.6. The second-order valence-electron chi connectivity index (χ2n) is 5.78. The van der Waals surface area contributed by atoms with Gasteiger partial charge in [0.2, 0.25) is 5.82 Å². The van der Waals surface area contributed by atoms with E-state index < -0.39 is 17.4 Å². The number of hydrogen-bond donors (Lipinski definition) is 2. The third kappa shape index (κ3) is 4.22. The van der Waals surface area contributed by atoms with Crippen molar-refractivity contribution in [2.45, 2.75) is 25.3 Å². The first-order valence-corrected chi connectivity index (χ1v) is 7.28. The number of hydrogen-bond acceptors (Lipinski definition) is 3. The maximum Gasteiger partial charge on any atom is 0.200 e. The number of benzene rings is 1. The molecule has 1 atom stereocenters. The Hall–Kier alpha value is -0.620. The van der Waals surface area contributed by atoms with Gasteiger partial charge in [-0.3, -0.25) is 4.90 Å². The second kappa shape index (κ2) is 8.29. The molecule has 3 nitrogen and oxygen atoms in total. The largest absolute Gasteiger partial charge is 0.505 e. The highest BCUT2D eigenvalue weighted by atomic mass is 35.5. The molecule has 0 amide bonds. The molecule has 1 aromatic carbocycles. The third-order valence-electron chi connectivity index (χ3n) is 4.31. The van der Waals surface area contributed by atoms with E-state index in [0.717, 1.165) is 38.7 Å². The van der Waals surface area contributed by atoms with Gasteiger partial charge < -0.3 is 10.4 Å². The average Bonchev–Trinajstić information content (AvgIpc) is 3.28. The Kier molecular flexibility index (Phi) is 7.32. The molecule has 2 aliphatic rings. The summed E-state index contributed by atoms with van der Waals surface area (Å²) >= 11 is 0. The van der Waals surface area contributed by atoms with Crippen LogP contribution in [0.25, 0.3) is 0 Å². The van der Waals surface area contributed by atoms with Crippen LogP contribution in [0.4, 0.5) is 8.78 Å². The highest BCUT2D eigenvalue weighted by Gasteiger charge is 2.32. The zero-order valence-corrected chi connectivity index (χ0v) is 13.9. The summed E-state index contributed by atoms with van der Waals surface area (Å²) < 4.78 is 26.8. The third-order valence-corrected chi connectivity index (χ3v) is 4.31. The summed E-state index contributed by atoms with van der Waals surface area (Å²) in [6.07, 6.45) is 3.32. The van der Waals surface area contributed by atoms with Gasteiger partial charge in [-0.05, 0) is 18.4 Å². The molecule has 1 aliphatic heterocycles. The van der Waals surface area contributed by atoms with Gasteiger partial charge in [-0.25, -0.2) is 4.39 Å². The minimum atomic E-state index is -1.13. The zero-order valence-electron chi connectivity index (χ0n) is 12.2. The maximum absolute atomic E-state index is 13.6.